The standard InChI is InChI=1S/C28H35ClN4O5S/c1-17-13-25(18(2)12-21(17)29)39(36,37)33-10-9-30-27(35)23(33)15-26(34)32-22-8-11-38-24-14-19(6-7-20(22)24)16-31-28(3,4)5/h6-7,9-10,12-14,22-23,31H,8,11,15-16H2,1-5H3,(H,30,35)(H,32,34)/t22-,23-/m1/s1. The van der Waals surface area contributed by atoms with Crippen molar-refractivity contribution < 1.29 is 22.7 Å². The second-order valence-electron chi connectivity index (χ2n) is 11.0. The average molecular weight is 575 g/mol. The third-order valence-corrected chi connectivity index (χ3v) is 9.06. The van der Waals surface area contributed by atoms with Crippen molar-refractivity contribution in [2.45, 2.75) is 76.5 Å². The third-order valence-electron chi connectivity index (χ3n) is 6.72. The molecule has 39 heavy (non-hydrogen) atoms. The van der Waals surface area contributed by atoms with Crippen LogP contribution in [0.5, 0.6) is 5.75 Å². The molecule has 0 saturated heterocycles. The summed E-state index contributed by atoms with van der Waals surface area (Å²) in [5, 5.41) is 9.40. The molecule has 0 saturated carbocycles. The van der Waals surface area contributed by atoms with Gasteiger partial charge >= 0.3 is 0 Å². The second kappa shape index (κ2) is 11.2. The molecule has 0 fully saturated rings. The van der Waals surface area contributed by atoms with Crippen molar-refractivity contribution in [2.75, 3.05) is 6.61 Å². The Kier molecular flexibility index (Phi) is 8.30. The highest BCUT2D eigenvalue weighted by atomic mass is 35.5. The Morgan fingerprint density at radius 3 is 2.64 bits per heavy atom. The number of hydrogen-bond donors (Lipinski definition) is 3. The lowest BCUT2D eigenvalue weighted by Gasteiger charge is -2.32. The maximum Gasteiger partial charge on any atom is 0.264 e. The van der Waals surface area contributed by atoms with Gasteiger partial charge in [0.2, 0.25) is 11.8 Å². The molecule has 4 rings (SSSR count). The number of hydrogen-bond acceptors (Lipinski definition) is 6. The van der Waals surface area contributed by atoms with Crippen molar-refractivity contribution in [1.29, 1.82) is 0 Å². The number of carbonyl (C=O) groups is 2. The van der Waals surface area contributed by atoms with E-state index in [-0.39, 0.29) is 22.9 Å². The molecule has 210 valence electrons. The number of amides is 2. The van der Waals surface area contributed by atoms with E-state index in [4.69, 9.17) is 16.3 Å². The van der Waals surface area contributed by atoms with Crippen LogP contribution in [0.4, 0.5) is 0 Å². The smallest absolute Gasteiger partial charge is 0.264 e. The molecule has 2 amide bonds. The van der Waals surface area contributed by atoms with Crippen LogP contribution >= 0.6 is 11.6 Å². The summed E-state index contributed by atoms with van der Waals surface area (Å²) in [4.78, 5) is 26.0. The fraction of sp³-hybridized carbons (Fsp3) is 0.429. The molecule has 0 aliphatic carbocycles. The van der Waals surface area contributed by atoms with Crippen LogP contribution in [0.25, 0.3) is 0 Å². The van der Waals surface area contributed by atoms with E-state index in [1.54, 1.807) is 19.9 Å². The monoisotopic (exact) mass is 574 g/mol. The molecule has 2 atom stereocenters. The zero-order chi connectivity index (χ0) is 28.5. The highest BCUT2D eigenvalue weighted by Gasteiger charge is 2.38. The molecule has 0 unspecified atom stereocenters. The van der Waals surface area contributed by atoms with E-state index in [9.17, 15) is 18.0 Å². The van der Waals surface area contributed by atoms with Gasteiger partial charge in [-0.25, -0.2) is 8.42 Å². The fourth-order valence-electron chi connectivity index (χ4n) is 4.57. The molecule has 2 aromatic carbocycles. The molecule has 11 heteroatoms. The van der Waals surface area contributed by atoms with Gasteiger partial charge in [-0.2, -0.15) is 0 Å². The predicted octanol–water partition coefficient (Wildman–Crippen LogP) is 3.84. The van der Waals surface area contributed by atoms with Gasteiger partial charge in [0.25, 0.3) is 10.0 Å². The van der Waals surface area contributed by atoms with E-state index in [1.165, 1.54) is 18.5 Å². The molecule has 2 aromatic rings. The minimum Gasteiger partial charge on any atom is -0.493 e. The minimum absolute atomic E-state index is 0.0275. The maximum absolute atomic E-state index is 13.6. The van der Waals surface area contributed by atoms with E-state index < -0.39 is 27.9 Å². The Bertz CT molecular complexity index is 1420. The summed E-state index contributed by atoms with van der Waals surface area (Å²) in [5.41, 5.74) is 2.93. The number of aryl methyl sites for hydroxylation is 2. The molecule has 3 N–H and O–H groups in total. The van der Waals surface area contributed by atoms with E-state index in [1.807, 2.05) is 18.2 Å². The lowest BCUT2D eigenvalue weighted by molar-refractivity contribution is -0.129. The topological polar surface area (TPSA) is 117 Å². The van der Waals surface area contributed by atoms with Gasteiger partial charge in [0.05, 0.1) is 24.0 Å². The number of nitrogens with one attached hydrogen (secondary N) is 3. The van der Waals surface area contributed by atoms with E-state index in [0.717, 1.165) is 15.4 Å². The molecular weight excluding hydrogens is 540 g/mol. The lowest BCUT2D eigenvalue weighted by atomic mass is 9.98. The summed E-state index contributed by atoms with van der Waals surface area (Å²) < 4.78 is 34.0. The number of nitrogens with zero attached hydrogens (tertiary/aromatic N) is 1. The summed E-state index contributed by atoms with van der Waals surface area (Å²) in [6.07, 6.45) is 2.74. The Morgan fingerprint density at radius 1 is 1.18 bits per heavy atom. The largest absolute Gasteiger partial charge is 0.493 e. The summed E-state index contributed by atoms with van der Waals surface area (Å²) >= 11 is 6.16. The average Bonchev–Trinajstić information content (AvgIpc) is 2.85. The van der Waals surface area contributed by atoms with Crippen LogP contribution in [0, 0.1) is 13.8 Å². The lowest BCUT2D eigenvalue weighted by Crippen LogP contribution is -2.51. The van der Waals surface area contributed by atoms with Crippen molar-refractivity contribution in [3.63, 3.8) is 0 Å². The molecule has 2 heterocycles. The van der Waals surface area contributed by atoms with Crippen LogP contribution in [0.1, 0.15) is 61.9 Å². The van der Waals surface area contributed by atoms with E-state index >= 15 is 0 Å². The first-order valence-corrected chi connectivity index (χ1v) is 14.7. The van der Waals surface area contributed by atoms with Crippen LogP contribution in [0.2, 0.25) is 5.02 Å². The van der Waals surface area contributed by atoms with Crippen molar-refractivity contribution in [2.24, 2.45) is 0 Å². The predicted molar refractivity (Wildman–Crippen MR) is 150 cm³/mol. The Morgan fingerprint density at radius 2 is 1.92 bits per heavy atom. The van der Waals surface area contributed by atoms with Gasteiger partial charge in [-0.05, 0) is 69.5 Å². The molecule has 2 aliphatic heterocycles. The van der Waals surface area contributed by atoms with Gasteiger partial charge in [0.15, 0.2) is 0 Å². The van der Waals surface area contributed by atoms with Crippen molar-refractivity contribution in [1.82, 2.24) is 20.3 Å². The Labute approximate surface area is 235 Å². The first-order chi connectivity index (χ1) is 18.3. The highest BCUT2D eigenvalue weighted by molar-refractivity contribution is 7.89. The minimum atomic E-state index is -4.14. The Balaban J connectivity index is 1.51. The summed E-state index contributed by atoms with van der Waals surface area (Å²) in [6, 6.07) is 7.39. The molecule has 2 aliphatic rings. The first-order valence-electron chi connectivity index (χ1n) is 12.8. The molecular formula is C28H35ClN4O5S. The fourth-order valence-corrected chi connectivity index (χ4v) is 6.54. The quantitative estimate of drug-likeness (QED) is 0.463. The summed E-state index contributed by atoms with van der Waals surface area (Å²) in [6.45, 7) is 10.7. The van der Waals surface area contributed by atoms with Crippen LogP contribution in [-0.4, -0.2) is 42.7 Å². The maximum atomic E-state index is 13.6. The molecule has 0 radical (unpaired) electrons. The number of carbonyl (C=O) groups excluding carboxylic acids is 2. The van der Waals surface area contributed by atoms with Gasteiger partial charge in [-0.15, -0.1) is 0 Å². The number of ether oxygens (including phenoxy) is 1. The van der Waals surface area contributed by atoms with Gasteiger partial charge in [0.1, 0.15) is 11.8 Å². The normalized spacial score (nSPS) is 19.2. The van der Waals surface area contributed by atoms with Crippen LogP contribution in [-0.2, 0) is 26.2 Å². The van der Waals surface area contributed by atoms with Crippen molar-refractivity contribution in [3.05, 3.63) is 70.0 Å². The van der Waals surface area contributed by atoms with Gasteiger partial charge in [-0.3, -0.25) is 13.9 Å². The van der Waals surface area contributed by atoms with E-state index in [0.29, 0.717) is 41.5 Å². The van der Waals surface area contributed by atoms with Crippen molar-refractivity contribution >= 4 is 33.4 Å². The zero-order valence-corrected chi connectivity index (χ0v) is 24.4. The summed E-state index contributed by atoms with van der Waals surface area (Å²) in [5.74, 6) is -0.315. The number of halogens is 1. The number of sulfonamides is 1. The first kappa shape index (κ1) is 28.9. The van der Waals surface area contributed by atoms with E-state index in [2.05, 4.69) is 36.7 Å². The Hall–Kier alpha value is -3.08. The molecule has 0 bridgehead atoms. The van der Waals surface area contributed by atoms with Crippen LogP contribution in [0.3, 0.4) is 0 Å². The van der Waals surface area contributed by atoms with Crippen LogP contribution in [0.15, 0.2) is 47.6 Å². The van der Waals surface area contributed by atoms with Crippen LogP contribution < -0.4 is 20.7 Å². The van der Waals surface area contributed by atoms with Gasteiger partial charge < -0.3 is 20.7 Å². The highest BCUT2D eigenvalue weighted by Crippen LogP contribution is 2.34. The zero-order valence-electron chi connectivity index (χ0n) is 22.8. The number of benzene rings is 2. The number of rotatable bonds is 7. The molecule has 0 spiro atoms. The van der Waals surface area contributed by atoms with Crippen molar-refractivity contribution in [3.8, 4) is 5.75 Å². The number of fused-ring (bicyclic) bond motifs is 1. The second-order valence-corrected chi connectivity index (χ2v) is 13.2. The van der Waals surface area contributed by atoms with Gasteiger partial charge in [0, 0.05) is 41.5 Å². The molecule has 0 aromatic heterocycles. The van der Waals surface area contributed by atoms with Gasteiger partial charge in [-0.1, -0.05) is 23.7 Å². The third kappa shape index (κ3) is 6.57. The molecule has 9 nitrogen and oxygen atoms in total. The SMILES string of the molecule is Cc1cc(S(=O)(=O)N2C=CNC(=O)[C@H]2CC(=O)N[C@@H]2CCOc3cc(CNC(C)(C)C)ccc32)c(C)cc1Cl. The summed E-state index contributed by atoms with van der Waals surface area (Å²) in [7, 11) is -4.14.